The molecule has 27 heavy (non-hydrogen) atoms. The minimum atomic E-state index is -0.679. The Kier molecular flexibility index (Phi) is 7.23. The van der Waals surface area contributed by atoms with Crippen LogP contribution in [0.4, 0.5) is 11.4 Å². The number of hydrogen-bond acceptors (Lipinski definition) is 4. The second-order valence-corrected chi connectivity index (χ2v) is 6.16. The van der Waals surface area contributed by atoms with E-state index in [-0.39, 0.29) is 6.54 Å². The van der Waals surface area contributed by atoms with Crippen LogP contribution in [0, 0.1) is 6.92 Å². The van der Waals surface area contributed by atoms with Gasteiger partial charge in [-0.25, -0.2) is 0 Å². The first-order chi connectivity index (χ1) is 13.0. The summed E-state index contributed by atoms with van der Waals surface area (Å²) in [7, 11) is 1.59. The van der Waals surface area contributed by atoms with Crippen LogP contribution in [0.2, 0.25) is 0 Å². The second kappa shape index (κ2) is 9.62. The van der Waals surface area contributed by atoms with Gasteiger partial charge in [0.1, 0.15) is 5.75 Å². The van der Waals surface area contributed by atoms with Crippen molar-refractivity contribution in [1.29, 1.82) is 0 Å². The maximum atomic E-state index is 12.2. The molecule has 2 aromatic carbocycles. The second-order valence-electron chi connectivity index (χ2n) is 6.16. The molecule has 0 bridgehead atoms. The number of hydrogen-bond donors (Lipinski definition) is 2. The van der Waals surface area contributed by atoms with Crippen molar-refractivity contribution in [2.24, 2.45) is 0 Å². The van der Waals surface area contributed by atoms with Crippen molar-refractivity contribution >= 4 is 23.2 Å². The molecule has 144 valence electrons. The van der Waals surface area contributed by atoms with Gasteiger partial charge in [0.2, 0.25) is 0 Å². The third-order valence-electron chi connectivity index (χ3n) is 4.41. The Morgan fingerprint density at radius 1 is 1.00 bits per heavy atom. The third-order valence-corrected chi connectivity index (χ3v) is 4.41. The predicted molar refractivity (Wildman–Crippen MR) is 108 cm³/mol. The fourth-order valence-electron chi connectivity index (χ4n) is 2.76. The van der Waals surface area contributed by atoms with E-state index in [4.69, 9.17) is 4.74 Å². The normalized spacial score (nSPS) is 10.2. The van der Waals surface area contributed by atoms with Gasteiger partial charge < -0.3 is 20.3 Å². The lowest BCUT2D eigenvalue weighted by Crippen LogP contribution is -2.35. The Labute approximate surface area is 160 Å². The first-order valence-electron chi connectivity index (χ1n) is 9.06. The Bertz CT molecular complexity index is 784. The molecular formula is C21H27N3O3. The predicted octanol–water partition coefficient (Wildman–Crippen LogP) is 3.10. The molecule has 0 unspecified atom stereocenters. The molecule has 0 aromatic heterocycles. The molecule has 0 heterocycles. The molecular weight excluding hydrogens is 342 g/mol. The van der Waals surface area contributed by atoms with Crippen molar-refractivity contribution < 1.29 is 14.3 Å². The molecule has 0 saturated heterocycles. The van der Waals surface area contributed by atoms with E-state index in [9.17, 15) is 9.59 Å². The molecule has 2 amide bonds. The van der Waals surface area contributed by atoms with Crippen molar-refractivity contribution in [3.8, 4) is 5.75 Å². The van der Waals surface area contributed by atoms with E-state index >= 15 is 0 Å². The molecule has 2 N–H and O–H groups in total. The van der Waals surface area contributed by atoms with E-state index in [0.29, 0.717) is 5.69 Å². The lowest BCUT2D eigenvalue weighted by Gasteiger charge is -2.22. The van der Waals surface area contributed by atoms with Gasteiger partial charge >= 0.3 is 11.8 Å². The molecule has 6 heteroatoms. The number of amides is 2. The molecule has 2 aromatic rings. The first kappa shape index (κ1) is 20.3. The van der Waals surface area contributed by atoms with Crippen LogP contribution in [0.15, 0.2) is 42.5 Å². The molecule has 0 saturated carbocycles. The number of carbonyl (C=O) groups is 2. The van der Waals surface area contributed by atoms with Crippen LogP contribution in [0.5, 0.6) is 5.75 Å². The highest BCUT2D eigenvalue weighted by molar-refractivity contribution is 6.39. The van der Waals surface area contributed by atoms with Crippen LogP contribution >= 0.6 is 0 Å². The summed E-state index contributed by atoms with van der Waals surface area (Å²) in [6.07, 6.45) is 0. The Morgan fingerprint density at radius 2 is 1.67 bits per heavy atom. The highest BCUT2D eigenvalue weighted by Crippen LogP contribution is 2.22. The van der Waals surface area contributed by atoms with Crippen LogP contribution in [-0.4, -0.2) is 32.0 Å². The van der Waals surface area contributed by atoms with Crippen LogP contribution < -0.4 is 20.3 Å². The average molecular weight is 369 g/mol. The van der Waals surface area contributed by atoms with Crippen LogP contribution in [0.1, 0.15) is 25.0 Å². The zero-order valence-corrected chi connectivity index (χ0v) is 16.3. The van der Waals surface area contributed by atoms with E-state index in [2.05, 4.69) is 29.4 Å². The molecule has 0 aliphatic heterocycles. The summed E-state index contributed by atoms with van der Waals surface area (Å²) < 4.78 is 5.09. The van der Waals surface area contributed by atoms with Crippen molar-refractivity contribution in [2.45, 2.75) is 27.3 Å². The molecule has 0 fully saturated rings. The van der Waals surface area contributed by atoms with Crippen LogP contribution in [0.25, 0.3) is 0 Å². The molecule has 2 rings (SSSR count). The average Bonchev–Trinajstić information content (AvgIpc) is 2.69. The van der Waals surface area contributed by atoms with Gasteiger partial charge in [0.15, 0.2) is 0 Å². The number of ether oxygens (including phenoxy) is 1. The van der Waals surface area contributed by atoms with Gasteiger partial charge in [-0.15, -0.1) is 0 Å². The summed E-state index contributed by atoms with van der Waals surface area (Å²) in [5.41, 5.74) is 3.53. The standard InChI is InChI=1S/C21H27N3O3/c1-5-24(6-2)17-9-12-19(15(3)13-17)23-21(26)20(25)22-14-16-7-10-18(27-4)11-8-16/h7-13H,5-6,14H2,1-4H3,(H,22,25)(H,23,26). The van der Waals surface area contributed by atoms with Crippen molar-refractivity contribution in [2.75, 3.05) is 30.4 Å². The van der Waals surface area contributed by atoms with Crippen LogP contribution in [0.3, 0.4) is 0 Å². The van der Waals surface area contributed by atoms with Gasteiger partial charge in [0.25, 0.3) is 0 Å². The summed E-state index contributed by atoms with van der Waals surface area (Å²) in [5.74, 6) is -0.605. The zero-order chi connectivity index (χ0) is 19.8. The van der Waals surface area contributed by atoms with Gasteiger partial charge in [-0.05, 0) is 62.2 Å². The van der Waals surface area contributed by atoms with E-state index in [1.165, 1.54) is 0 Å². The smallest absolute Gasteiger partial charge is 0.313 e. The molecule has 0 spiro atoms. The number of anilines is 2. The monoisotopic (exact) mass is 369 g/mol. The third kappa shape index (κ3) is 5.48. The topological polar surface area (TPSA) is 70.7 Å². The first-order valence-corrected chi connectivity index (χ1v) is 9.06. The zero-order valence-electron chi connectivity index (χ0n) is 16.3. The maximum absolute atomic E-state index is 12.2. The summed E-state index contributed by atoms with van der Waals surface area (Å²) in [6.45, 7) is 8.21. The lowest BCUT2D eigenvalue weighted by atomic mass is 10.1. The van der Waals surface area contributed by atoms with Gasteiger partial charge in [-0.2, -0.15) is 0 Å². The van der Waals surface area contributed by atoms with Crippen molar-refractivity contribution in [3.63, 3.8) is 0 Å². The van der Waals surface area contributed by atoms with Gasteiger partial charge in [-0.1, -0.05) is 12.1 Å². The summed E-state index contributed by atoms with van der Waals surface area (Å²) in [5, 5.41) is 5.30. The number of nitrogens with one attached hydrogen (secondary N) is 2. The van der Waals surface area contributed by atoms with E-state index < -0.39 is 11.8 Å². The highest BCUT2D eigenvalue weighted by Gasteiger charge is 2.15. The van der Waals surface area contributed by atoms with Crippen molar-refractivity contribution in [3.05, 3.63) is 53.6 Å². The van der Waals surface area contributed by atoms with Crippen LogP contribution in [-0.2, 0) is 16.1 Å². The number of carbonyl (C=O) groups excluding carboxylic acids is 2. The molecule has 0 radical (unpaired) electrons. The number of benzene rings is 2. The van der Waals surface area contributed by atoms with Crippen molar-refractivity contribution in [1.82, 2.24) is 5.32 Å². The van der Waals surface area contributed by atoms with Gasteiger partial charge in [0.05, 0.1) is 7.11 Å². The minimum absolute atomic E-state index is 0.274. The molecule has 0 aliphatic rings. The number of aryl methyl sites for hydroxylation is 1. The summed E-state index contributed by atoms with van der Waals surface area (Å²) in [4.78, 5) is 26.5. The fraction of sp³-hybridized carbons (Fsp3) is 0.333. The molecule has 0 aliphatic carbocycles. The van der Waals surface area contributed by atoms with Gasteiger partial charge in [0, 0.05) is 31.0 Å². The summed E-state index contributed by atoms with van der Waals surface area (Å²) >= 11 is 0. The largest absolute Gasteiger partial charge is 0.497 e. The highest BCUT2D eigenvalue weighted by atomic mass is 16.5. The molecule has 6 nitrogen and oxygen atoms in total. The quantitative estimate of drug-likeness (QED) is 0.736. The van der Waals surface area contributed by atoms with E-state index in [1.807, 2.05) is 49.4 Å². The molecule has 0 atom stereocenters. The minimum Gasteiger partial charge on any atom is -0.497 e. The van der Waals surface area contributed by atoms with E-state index in [0.717, 1.165) is 35.7 Å². The lowest BCUT2D eigenvalue weighted by molar-refractivity contribution is -0.136. The Balaban J connectivity index is 1.94. The van der Waals surface area contributed by atoms with E-state index in [1.54, 1.807) is 7.11 Å². The SMILES string of the molecule is CCN(CC)c1ccc(NC(=O)C(=O)NCc2ccc(OC)cc2)c(C)c1. The maximum Gasteiger partial charge on any atom is 0.313 e. The summed E-state index contributed by atoms with van der Waals surface area (Å²) in [6, 6.07) is 13.1. The Morgan fingerprint density at radius 3 is 2.22 bits per heavy atom. The Hall–Kier alpha value is -3.02. The van der Waals surface area contributed by atoms with Gasteiger partial charge in [-0.3, -0.25) is 9.59 Å². The fourth-order valence-corrected chi connectivity index (χ4v) is 2.76. The number of nitrogens with zero attached hydrogens (tertiary/aromatic N) is 1. The number of methoxy groups -OCH3 is 1. The number of rotatable bonds is 7.